The van der Waals surface area contributed by atoms with Crippen LogP contribution in [0.3, 0.4) is 0 Å². The lowest BCUT2D eigenvalue weighted by Gasteiger charge is -2.21. The summed E-state index contributed by atoms with van der Waals surface area (Å²) in [5.41, 5.74) is 5.34. The fourth-order valence-corrected chi connectivity index (χ4v) is 4.69. The lowest BCUT2D eigenvalue weighted by atomic mass is 9.93. The zero-order chi connectivity index (χ0) is 23.9. The average Bonchev–Trinajstić information content (AvgIpc) is 2.92. The van der Waals surface area contributed by atoms with E-state index in [1.54, 1.807) is 0 Å². The van der Waals surface area contributed by atoms with E-state index in [4.69, 9.17) is 19.2 Å². The Kier molecular flexibility index (Phi) is 7.59. The highest BCUT2D eigenvalue weighted by Gasteiger charge is 2.15. The van der Waals surface area contributed by atoms with Crippen LogP contribution < -0.4 is 9.47 Å². The number of nitrogens with zero attached hydrogens (tertiary/aromatic N) is 1. The standard InChI is InChI=1S/C31H33NO3/c1-23-30(22-34-27-15-13-24(14-16-27)11-12-25-17-19-33-20-18-25)32-29-10-6-5-9-28(29)31(23)35-21-26-7-3-2-4-8-26/h2-10,13-16,25H,11-12,17-22H2,1H3. The maximum atomic E-state index is 6.32. The van der Waals surface area contributed by atoms with E-state index in [2.05, 4.69) is 49.4 Å². The van der Waals surface area contributed by atoms with Gasteiger partial charge in [0, 0.05) is 24.2 Å². The molecule has 1 aliphatic rings. The first-order chi connectivity index (χ1) is 17.3. The van der Waals surface area contributed by atoms with E-state index in [9.17, 15) is 0 Å². The van der Waals surface area contributed by atoms with Crippen molar-refractivity contribution in [2.24, 2.45) is 5.92 Å². The largest absolute Gasteiger partial charge is 0.488 e. The van der Waals surface area contributed by atoms with Gasteiger partial charge in [-0.25, -0.2) is 4.98 Å². The molecule has 180 valence electrons. The van der Waals surface area contributed by atoms with Gasteiger partial charge in [0.15, 0.2) is 0 Å². The minimum absolute atomic E-state index is 0.403. The van der Waals surface area contributed by atoms with Gasteiger partial charge in [0.25, 0.3) is 0 Å². The third-order valence-electron chi connectivity index (χ3n) is 6.88. The van der Waals surface area contributed by atoms with E-state index >= 15 is 0 Å². The number of para-hydroxylation sites is 1. The number of aromatic nitrogens is 1. The van der Waals surface area contributed by atoms with E-state index in [0.717, 1.165) is 64.8 Å². The molecule has 0 aliphatic carbocycles. The topological polar surface area (TPSA) is 40.6 Å². The Labute approximate surface area is 207 Å². The first kappa shape index (κ1) is 23.4. The van der Waals surface area contributed by atoms with Crippen LogP contribution >= 0.6 is 0 Å². The van der Waals surface area contributed by atoms with Crippen LogP contribution in [0.2, 0.25) is 0 Å². The number of aryl methyl sites for hydroxylation is 1. The molecule has 5 rings (SSSR count). The number of hydrogen-bond donors (Lipinski definition) is 0. The Bertz CT molecular complexity index is 1230. The molecule has 0 bridgehead atoms. The molecule has 0 amide bonds. The second-order valence-electron chi connectivity index (χ2n) is 9.33. The third kappa shape index (κ3) is 6.01. The molecule has 1 fully saturated rings. The Morgan fingerprint density at radius 1 is 0.800 bits per heavy atom. The first-order valence-corrected chi connectivity index (χ1v) is 12.6. The number of ether oxygens (including phenoxy) is 3. The minimum Gasteiger partial charge on any atom is -0.488 e. The fraction of sp³-hybridized carbons (Fsp3) is 0.323. The maximum absolute atomic E-state index is 6.32. The van der Waals surface area contributed by atoms with Gasteiger partial charge in [-0.1, -0.05) is 54.6 Å². The van der Waals surface area contributed by atoms with Crippen molar-refractivity contribution in [2.75, 3.05) is 13.2 Å². The summed E-state index contributed by atoms with van der Waals surface area (Å²) in [6.45, 7) is 4.82. The second kappa shape index (κ2) is 11.4. The van der Waals surface area contributed by atoms with Crippen molar-refractivity contribution >= 4 is 10.9 Å². The van der Waals surface area contributed by atoms with Crippen LogP contribution in [0, 0.1) is 12.8 Å². The molecule has 35 heavy (non-hydrogen) atoms. The molecular weight excluding hydrogens is 434 g/mol. The van der Waals surface area contributed by atoms with Crippen molar-refractivity contribution in [3.05, 3.63) is 101 Å². The summed E-state index contributed by atoms with van der Waals surface area (Å²) in [6.07, 6.45) is 4.72. The second-order valence-corrected chi connectivity index (χ2v) is 9.33. The zero-order valence-corrected chi connectivity index (χ0v) is 20.4. The van der Waals surface area contributed by atoms with Crippen LogP contribution in [-0.2, 0) is 24.4 Å². The summed E-state index contributed by atoms with van der Waals surface area (Å²) in [5.74, 6) is 2.53. The molecule has 0 spiro atoms. The van der Waals surface area contributed by atoms with Gasteiger partial charge in [0.2, 0.25) is 0 Å². The predicted octanol–water partition coefficient (Wildman–Crippen LogP) is 7.06. The molecule has 4 heteroatoms. The van der Waals surface area contributed by atoms with E-state index in [0.29, 0.717) is 13.2 Å². The van der Waals surface area contributed by atoms with E-state index in [1.807, 2.05) is 36.4 Å². The normalized spacial score (nSPS) is 14.2. The smallest absolute Gasteiger partial charge is 0.134 e. The van der Waals surface area contributed by atoms with Gasteiger partial charge >= 0.3 is 0 Å². The quantitative estimate of drug-likeness (QED) is 0.264. The van der Waals surface area contributed by atoms with Gasteiger partial charge in [0.1, 0.15) is 24.7 Å². The number of rotatable bonds is 9. The van der Waals surface area contributed by atoms with E-state index < -0.39 is 0 Å². The molecule has 4 aromatic rings. The van der Waals surface area contributed by atoms with Crippen molar-refractivity contribution in [1.82, 2.24) is 4.98 Å². The molecule has 1 aromatic heterocycles. The molecule has 0 radical (unpaired) electrons. The Hall–Kier alpha value is -3.37. The molecule has 0 N–H and O–H groups in total. The van der Waals surface area contributed by atoms with E-state index in [-0.39, 0.29) is 0 Å². The van der Waals surface area contributed by atoms with E-state index in [1.165, 1.54) is 24.8 Å². The molecule has 0 unspecified atom stereocenters. The monoisotopic (exact) mass is 467 g/mol. The number of fused-ring (bicyclic) bond motifs is 1. The van der Waals surface area contributed by atoms with Crippen LogP contribution in [0.5, 0.6) is 11.5 Å². The van der Waals surface area contributed by atoms with Gasteiger partial charge < -0.3 is 14.2 Å². The summed E-state index contributed by atoms with van der Waals surface area (Å²) < 4.78 is 17.9. The number of benzene rings is 3. The molecule has 0 atom stereocenters. The molecule has 2 heterocycles. The van der Waals surface area contributed by atoms with Crippen molar-refractivity contribution < 1.29 is 14.2 Å². The van der Waals surface area contributed by atoms with Crippen LogP contribution in [-0.4, -0.2) is 18.2 Å². The number of pyridine rings is 1. The summed E-state index contributed by atoms with van der Waals surface area (Å²) in [6, 6.07) is 26.9. The van der Waals surface area contributed by atoms with Crippen molar-refractivity contribution in [3.8, 4) is 11.5 Å². The highest BCUT2D eigenvalue weighted by molar-refractivity contribution is 5.86. The van der Waals surface area contributed by atoms with Crippen LogP contribution in [0.1, 0.15) is 41.6 Å². The maximum Gasteiger partial charge on any atom is 0.134 e. The Morgan fingerprint density at radius 2 is 1.54 bits per heavy atom. The molecular formula is C31H33NO3. The average molecular weight is 468 g/mol. The molecule has 4 nitrogen and oxygen atoms in total. The lowest BCUT2D eigenvalue weighted by Crippen LogP contribution is -2.16. The highest BCUT2D eigenvalue weighted by Crippen LogP contribution is 2.32. The van der Waals surface area contributed by atoms with Crippen molar-refractivity contribution in [3.63, 3.8) is 0 Å². The van der Waals surface area contributed by atoms with Crippen LogP contribution in [0.25, 0.3) is 10.9 Å². The first-order valence-electron chi connectivity index (χ1n) is 12.6. The summed E-state index contributed by atoms with van der Waals surface area (Å²) in [7, 11) is 0. The summed E-state index contributed by atoms with van der Waals surface area (Å²) >= 11 is 0. The van der Waals surface area contributed by atoms with Crippen LogP contribution in [0.15, 0.2) is 78.9 Å². The number of hydrogen-bond acceptors (Lipinski definition) is 4. The SMILES string of the molecule is Cc1c(COc2ccc(CCC3CCOCC3)cc2)nc2ccccc2c1OCc1ccccc1. The highest BCUT2D eigenvalue weighted by atomic mass is 16.5. The lowest BCUT2D eigenvalue weighted by molar-refractivity contribution is 0.0640. The summed E-state index contributed by atoms with van der Waals surface area (Å²) in [4.78, 5) is 4.89. The van der Waals surface area contributed by atoms with Gasteiger partial charge in [-0.05, 0) is 73.9 Å². The molecule has 3 aromatic carbocycles. The predicted molar refractivity (Wildman–Crippen MR) is 140 cm³/mol. The minimum atomic E-state index is 0.403. The van der Waals surface area contributed by atoms with Gasteiger partial charge in [-0.2, -0.15) is 0 Å². The van der Waals surface area contributed by atoms with Crippen LogP contribution in [0.4, 0.5) is 0 Å². The molecule has 0 saturated carbocycles. The molecule has 1 saturated heterocycles. The van der Waals surface area contributed by atoms with Gasteiger partial charge in [-0.15, -0.1) is 0 Å². The van der Waals surface area contributed by atoms with Crippen molar-refractivity contribution in [2.45, 2.75) is 45.8 Å². The fourth-order valence-electron chi connectivity index (χ4n) is 4.69. The zero-order valence-electron chi connectivity index (χ0n) is 20.4. The van der Waals surface area contributed by atoms with Crippen molar-refractivity contribution in [1.29, 1.82) is 0 Å². The Balaban J connectivity index is 1.26. The molecule has 1 aliphatic heterocycles. The van der Waals surface area contributed by atoms with Gasteiger partial charge in [-0.3, -0.25) is 0 Å². The van der Waals surface area contributed by atoms with Gasteiger partial charge in [0.05, 0.1) is 11.2 Å². The third-order valence-corrected chi connectivity index (χ3v) is 6.88. The Morgan fingerprint density at radius 3 is 2.34 bits per heavy atom. The summed E-state index contributed by atoms with van der Waals surface area (Å²) in [5, 5.41) is 1.03.